The Bertz CT molecular complexity index is 1050. The number of anilines is 1. The van der Waals surface area contributed by atoms with E-state index in [2.05, 4.69) is 17.0 Å². The lowest BCUT2D eigenvalue weighted by Gasteiger charge is -2.35. The number of carbonyl (C=O) groups excluding carboxylic acids is 1. The monoisotopic (exact) mass is 486 g/mol. The summed E-state index contributed by atoms with van der Waals surface area (Å²) >= 11 is 0. The molecular weight excluding hydrogens is 452 g/mol. The van der Waals surface area contributed by atoms with Gasteiger partial charge in [-0.1, -0.05) is 48.5 Å². The van der Waals surface area contributed by atoms with Crippen LogP contribution in [0.5, 0.6) is 0 Å². The van der Waals surface area contributed by atoms with Crippen molar-refractivity contribution in [2.24, 2.45) is 0 Å². The van der Waals surface area contributed by atoms with Gasteiger partial charge >= 0.3 is 0 Å². The number of amides is 1. The zero-order chi connectivity index (χ0) is 24.0. The van der Waals surface area contributed by atoms with Crippen LogP contribution in [0.1, 0.15) is 11.1 Å². The van der Waals surface area contributed by atoms with Crippen molar-refractivity contribution in [2.45, 2.75) is 12.3 Å². The van der Waals surface area contributed by atoms with Crippen LogP contribution in [0.25, 0.3) is 0 Å². The number of sulfonamides is 1. The fraction of sp³-hybridized carbons (Fsp3) is 0.480. The smallest absolute Gasteiger partial charge is 0.236 e. The second-order valence-electron chi connectivity index (χ2n) is 8.92. The molecule has 0 saturated carbocycles. The van der Waals surface area contributed by atoms with Gasteiger partial charge in [0.15, 0.2) is 0 Å². The first kappa shape index (κ1) is 24.7. The third-order valence-corrected chi connectivity index (χ3v) is 8.22. The number of hydrogen-bond donors (Lipinski definition) is 0. The summed E-state index contributed by atoms with van der Waals surface area (Å²) in [5.74, 6) is 0.0269. The number of morpholine rings is 1. The molecule has 0 radical (unpaired) electrons. The maximum atomic E-state index is 12.9. The molecule has 2 aliphatic heterocycles. The summed E-state index contributed by atoms with van der Waals surface area (Å²) in [7, 11) is -1.44. The largest absolute Gasteiger partial charge is 0.378 e. The van der Waals surface area contributed by atoms with Crippen molar-refractivity contribution in [1.82, 2.24) is 14.1 Å². The van der Waals surface area contributed by atoms with Gasteiger partial charge in [-0.25, -0.2) is 8.42 Å². The van der Waals surface area contributed by atoms with E-state index in [1.165, 1.54) is 15.6 Å². The zero-order valence-electron chi connectivity index (χ0n) is 19.8. The van der Waals surface area contributed by atoms with Crippen molar-refractivity contribution >= 4 is 21.6 Å². The third-order valence-electron chi connectivity index (χ3n) is 6.37. The highest BCUT2D eigenvalue weighted by Gasteiger charge is 2.29. The Hall–Kier alpha value is -2.46. The van der Waals surface area contributed by atoms with Gasteiger partial charge in [-0.15, -0.1) is 0 Å². The van der Waals surface area contributed by atoms with E-state index in [0.717, 1.165) is 31.9 Å². The van der Waals surface area contributed by atoms with Gasteiger partial charge in [0.2, 0.25) is 15.9 Å². The number of benzene rings is 2. The quantitative estimate of drug-likeness (QED) is 0.565. The summed E-state index contributed by atoms with van der Waals surface area (Å²) in [4.78, 5) is 19.1. The summed E-state index contributed by atoms with van der Waals surface area (Å²) in [5, 5.41) is 0. The molecule has 0 aliphatic carbocycles. The van der Waals surface area contributed by atoms with E-state index in [4.69, 9.17) is 4.74 Å². The third kappa shape index (κ3) is 6.35. The molecule has 0 atom stereocenters. The van der Waals surface area contributed by atoms with Crippen LogP contribution in [-0.2, 0) is 31.9 Å². The maximum absolute atomic E-state index is 12.9. The molecule has 8 nitrogen and oxygen atoms in total. The van der Waals surface area contributed by atoms with Crippen molar-refractivity contribution in [3.05, 3.63) is 65.7 Å². The topological polar surface area (TPSA) is 73.4 Å². The van der Waals surface area contributed by atoms with E-state index in [1.54, 1.807) is 4.90 Å². The van der Waals surface area contributed by atoms with E-state index in [0.29, 0.717) is 39.3 Å². The highest BCUT2D eigenvalue weighted by atomic mass is 32.2. The van der Waals surface area contributed by atoms with Gasteiger partial charge in [-0.2, -0.15) is 4.31 Å². The first-order chi connectivity index (χ1) is 16.4. The molecule has 34 heavy (non-hydrogen) atoms. The van der Waals surface area contributed by atoms with Crippen molar-refractivity contribution in [3.8, 4) is 0 Å². The van der Waals surface area contributed by atoms with Crippen molar-refractivity contribution < 1.29 is 17.9 Å². The molecule has 9 heteroatoms. The molecule has 1 amide bonds. The Morgan fingerprint density at radius 1 is 0.912 bits per heavy atom. The van der Waals surface area contributed by atoms with Crippen LogP contribution in [0.2, 0.25) is 0 Å². The van der Waals surface area contributed by atoms with Crippen LogP contribution in [0.15, 0.2) is 54.6 Å². The summed E-state index contributed by atoms with van der Waals surface area (Å²) in [6.45, 7) is 5.70. The molecule has 2 saturated heterocycles. The molecule has 0 spiro atoms. The molecular formula is C25H34N4O4S. The predicted octanol–water partition coefficient (Wildman–Crippen LogP) is 1.63. The van der Waals surface area contributed by atoms with Gasteiger partial charge < -0.3 is 14.5 Å². The summed E-state index contributed by atoms with van der Waals surface area (Å²) in [6, 6.07) is 17.5. The molecule has 0 aromatic heterocycles. The molecule has 2 heterocycles. The molecule has 0 bridgehead atoms. The van der Waals surface area contributed by atoms with Crippen molar-refractivity contribution in [2.75, 3.05) is 71.0 Å². The lowest BCUT2D eigenvalue weighted by atomic mass is 10.1. The van der Waals surface area contributed by atoms with Crippen LogP contribution in [0, 0.1) is 0 Å². The van der Waals surface area contributed by atoms with Gasteiger partial charge in [0.25, 0.3) is 0 Å². The van der Waals surface area contributed by atoms with Crippen LogP contribution in [0.3, 0.4) is 0 Å². The number of rotatable bonds is 8. The molecule has 184 valence electrons. The Morgan fingerprint density at radius 3 is 2.26 bits per heavy atom. The normalized spacial score (nSPS) is 17.8. The molecule has 0 N–H and O–H groups in total. The summed E-state index contributed by atoms with van der Waals surface area (Å²) in [5.41, 5.74) is 3.17. The van der Waals surface area contributed by atoms with Crippen molar-refractivity contribution in [3.63, 3.8) is 0 Å². The predicted molar refractivity (Wildman–Crippen MR) is 133 cm³/mol. The molecule has 2 fully saturated rings. The summed E-state index contributed by atoms with van der Waals surface area (Å²) < 4.78 is 32.5. The fourth-order valence-corrected chi connectivity index (χ4v) is 6.04. The lowest BCUT2D eigenvalue weighted by Crippen LogP contribution is -2.52. The number of hydrogen-bond acceptors (Lipinski definition) is 6. The number of likely N-dealkylation sites (N-methyl/N-ethyl adjacent to an activating group) is 1. The van der Waals surface area contributed by atoms with Gasteiger partial charge in [0.05, 0.1) is 25.5 Å². The maximum Gasteiger partial charge on any atom is 0.236 e. The molecule has 4 rings (SSSR count). The van der Waals surface area contributed by atoms with Gasteiger partial charge in [0.1, 0.15) is 0 Å². The van der Waals surface area contributed by atoms with E-state index >= 15 is 0 Å². The minimum atomic E-state index is -3.39. The second kappa shape index (κ2) is 11.3. The molecule has 2 aliphatic rings. The molecule has 0 unspecified atom stereocenters. The van der Waals surface area contributed by atoms with Crippen molar-refractivity contribution in [1.29, 1.82) is 0 Å². The minimum absolute atomic E-state index is 0.00687. The van der Waals surface area contributed by atoms with Crippen LogP contribution in [-0.4, -0.2) is 94.5 Å². The number of piperazine rings is 1. The number of nitrogens with zero attached hydrogens (tertiary/aromatic N) is 4. The second-order valence-corrected chi connectivity index (χ2v) is 10.9. The van der Waals surface area contributed by atoms with E-state index < -0.39 is 10.0 Å². The standard InChI is InChI=1S/C25H34N4O4S/c1-26(19-23-9-5-6-10-24(23)27-15-17-33-18-16-27)20-25(30)28-11-13-29(14-12-28)34(31,32)21-22-7-3-2-4-8-22/h2-10H,11-21H2,1H3. The first-order valence-electron chi connectivity index (χ1n) is 11.8. The average molecular weight is 487 g/mol. The Balaban J connectivity index is 1.28. The fourth-order valence-electron chi connectivity index (χ4n) is 4.53. The Kier molecular flexibility index (Phi) is 8.20. The Morgan fingerprint density at radius 2 is 1.56 bits per heavy atom. The molecule has 2 aromatic carbocycles. The van der Waals surface area contributed by atoms with Gasteiger partial charge in [0, 0.05) is 51.5 Å². The lowest BCUT2D eigenvalue weighted by molar-refractivity contribution is -0.133. The molecule has 2 aromatic rings. The van der Waals surface area contributed by atoms with Gasteiger partial charge in [-0.3, -0.25) is 9.69 Å². The SMILES string of the molecule is CN(CC(=O)N1CCN(S(=O)(=O)Cc2ccccc2)CC1)Cc1ccccc1N1CCOCC1. The first-order valence-corrected chi connectivity index (χ1v) is 13.4. The van der Waals surface area contributed by atoms with E-state index in [1.807, 2.05) is 54.4 Å². The van der Waals surface area contributed by atoms with E-state index in [-0.39, 0.29) is 11.7 Å². The van der Waals surface area contributed by atoms with Crippen LogP contribution in [0.4, 0.5) is 5.69 Å². The minimum Gasteiger partial charge on any atom is -0.378 e. The van der Waals surface area contributed by atoms with E-state index in [9.17, 15) is 13.2 Å². The summed E-state index contributed by atoms with van der Waals surface area (Å²) in [6.07, 6.45) is 0. The van der Waals surface area contributed by atoms with Crippen LogP contribution >= 0.6 is 0 Å². The number of carbonyl (C=O) groups is 1. The highest BCUT2D eigenvalue weighted by molar-refractivity contribution is 7.88. The van der Waals surface area contributed by atoms with Crippen LogP contribution < -0.4 is 4.90 Å². The number of para-hydroxylation sites is 1. The highest BCUT2D eigenvalue weighted by Crippen LogP contribution is 2.23. The average Bonchev–Trinajstić information content (AvgIpc) is 2.85. The number of ether oxygens (including phenoxy) is 1. The Labute approximate surface area is 202 Å². The zero-order valence-corrected chi connectivity index (χ0v) is 20.6. The van der Waals surface area contributed by atoms with Gasteiger partial charge in [-0.05, 0) is 24.2 Å².